The number of carbonyl (C=O) groups is 2. The number of likely N-dealkylation sites (tertiary alicyclic amines) is 1. The van der Waals surface area contributed by atoms with Crippen LogP contribution < -0.4 is 10.5 Å². The van der Waals surface area contributed by atoms with E-state index < -0.39 is 5.60 Å². The van der Waals surface area contributed by atoms with E-state index in [1.54, 1.807) is 23.1 Å². The van der Waals surface area contributed by atoms with Crippen LogP contribution in [-0.2, 0) is 9.53 Å². The third-order valence-corrected chi connectivity index (χ3v) is 4.14. The number of piperidine rings is 1. The van der Waals surface area contributed by atoms with Gasteiger partial charge in [-0.15, -0.1) is 10.2 Å². The largest absolute Gasteiger partial charge is 0.444 e. The Morgan fingerprint density at radius 1 is 1.15 bits per heavy atom. The molecule has 9 heteroatoms. The van der Waals surface area contributed by atoms with Gasteiger partial charge in [0, 0.05) is 19.2 Å². The predicted octanol–water partition coefficient (Wildman–Crippen LogP) is 2.16. The van der Waals surface area contributed by atoms with E-state index in [2.05, 4.69) is 15.2 Å². The maximum Gasteiger partial charge on any atom is 0.410 e. The number of nitrogens with two attached hydrogens (primary N) is 1. The van der Waals surface area contributed by atoms with E-state index in [4.69, 9.17) is 15.2 Å². The van der Waals surface area contributed by atoms with Crippen molar-refractivity contribution in [1.82, 2.24) is 20.1 Å². The van der Waals surface area contributed by atoms with Crippen LogP contribution in [-0.4, -0.2) is 50.8 Å². The minimum atomic E-state index is -0.537. The molecule has 1 aliphatic rings. The van der Waals surface area contributed by atoms with Crippen LogP contribution in [0.3, 0.4) is 0 Å². The van der Waals surface area contributed by atoms with Crippen molar-refractivity contribution in [1.29, 1.82) is 0 Å². The number of nitrogens with zero attached hydrogens (tertiary/aromatic N) is 4. The lowest BCUT2D eigenvalue weighted by Gasteiger charge is -2.32. The van der Waals surface area contributed by atoms with Crippen LogP contribution in [0, 0.1) is 5.92 Å². The molecule has 3 rings (SSSR count). The van der Waals surface area contributed by atoms with E-state index in [0.717, 1.165) is 0 Å². The van der Waals surface area contributed by atoms with E-state index in [9.17, 15) is 9.59 Å². The molecule has 1 amide bonds. The highest BCUT2D eigenvalue weighted by molar-refractivity contribution is 5.80. The van der Waals surface area contributed by atoms with Crippen molar-refractivity contribution in [2.75, 3.05) is 18.8 Å². The minimum absolute atomic E-state index is 0.0560. The summed E-state index contributed by atoms with van der Waals surface area (Å²) in [4.78, 5) is 30.2. The average Bonchev–Trinajstić information content (AvgIpc) is 2.60. The fourth-order valence-corrected chi connectivity index (χ4v) is 2.82. The van der Waals surface area contributed by atoms with Gasteiger partial charge in [0.1, 0.15) is 16.9 Å². The molecule has 1 aromatic carbocycles. The number of amides is 1. The van der Waals surface area contributed by atoms with Gasteiger partial charge >= 0.3 is 12.1 Å². The molecule has 2 N–H and O–H groups in total. The molecule has 1 saturated heterocycles. The molecular formula is C18H23N5O4. The van der Waals surface area contributed by atoms with Crippen molar-refractivity contribution in [3.8, 4) is 5.75 Å². The summed E-state index contributed by atoms with van der Waals surface area (Å²) in [6.45, 7) is 6.39. The lowest BCUT2D eigenvalue weighted by atomic mass is 9.97. The maximum absolute atomic E-state index is 12.4. The van der Waals surface area contributed by atoms with Crippen LogP contribution in [0.1, 0.15) is 33.6 Å². The molecule has 144 valence electrons. The molecule has 0 unspecified atom stereocenters. The Bertz CT molecular complexity index is 856. The summed E-state index contributed by atoms with van der Waals surface area (Å²) < 4.78 is 10.8. The molecule has 0 aliphatic carbocycles. The first-order valence-corrected chi connectivity index (χ1v) is 8.81. The van der Waals surface area contributed by atoms with Crippen LogP contribution in [0.5, 0.6) is 5.75 Å². The molecule has 2 heterocycles. The second-order valence-corrected chi connectivity index (χ2v) is 7.48. The quantitative estimate of drug-likeness (QED) is 0.628. The molecule has 2 aromatic rings. The molecule has 1 aliphatic heterocycles. The zero-order valence-corrected chi connectivity index (χ0v) is 15.6. The third-order valence-electron chi connectivity index (χ3n) is 4.14. The molecule has 0 bridgehead atoms. The van der Waals surface area contributed by atoms with Crippen LogP contribution in [0.2, 0.25) is 0 Å². The molecule has 1 aromatic heterocycles. The van der Waals surface area contributed by atoms with Crippen molar-refractivity contribution < 1.29 is 19.1 Å². The van der Waals surface area contributed by atoms with E-state index in [1.165, 1.54) is 0 Å². The number of fused-ring (bicyclic) bond motifs is 1. The van der Waals surface area contributed by atoms with E-state index in [-0.39, 0.29) is 23.9 Å². The Balaban J connectivity index is 1.57. The lowest BCUT2D eigenvalue weighted by molar-refractivity contribution is -0.140. The Hall–Kier alpha value is -2.97. The van der Waals surface area contributed by atoms with Crippen LogP contribution in [0.15, 0.2) is 18.2 Å². The Labute approximate surface area is 156 Å². The van der Waals surface area contributed by atoms with Crippen LogP contribution >= 0.6 is 0 Å². The number of ether oxygens (including phenoxy) is 2. The summed E-state index contributed by atoms with van der Waals surface area (Å²) in [6.07, 6.45) is 0.707. The Morgan fingerprint density at radius 3 is 2.52 bits per heavy atom. The molecule has 9 nitrogen and oxygen atoms in total. The van der Waals surface area contributed by atoms with E-state index in [1.807, 2.05) is 20.8 Å². The molecule has 0 atom stereocenters. The van der Waals surface area contributed by atoms with Crippen molar-refractivity contribution in [2.45, 2.75) is 39.2 Å². The first kappa shape index (κ1) is 18.8. The highest BCUT2D eigenvalue weighted by Crippen LogP contribution is 2.23. The van der Waals surface area contributed by atoms with E-state index >= 15 is 0 Å². The van der Waals surface area contributed by atoms with Crippen molar-refractivity contribution in [3.63, 3.8) is 0 Å². The SMILES string of the molecule is CC(C)(C)OC(=O)N1CCC(C(=O)Oc2ccc3nnc(N)nc3c2)CC1. The van der Waals surface area contributed by atoms with Gasteiger partial charge in [-0.2, -0.15) is 0 Å². The number of hydrogen-bond donors (Lipinski definition) is 1. The number of carbonyl (C=O) groups excluding carboxylic acids is 2. The highest BCUT2D eigenvalue weighted by atomic mass is 16.6. The number of nitrogen functional groups attached to an aromatic ring is 1. The van der Waals surface area contributed by atoms with Crippen molar-refractivity contribution in [2.24, 2.45) is 5.92 Å². The van der Waals surface area contributed by atoms with Crippen LogP contribution in [0.25, 0.3) is 11.0 Å². The van der Waals surface area contributed by atoms with Crippen molar-refractivity contribution in [3.05, 3.63) is 18.2 Å². The van der Waals surface area contributed by atoms with Gasteiger partial charge in [0.15, 0.2) is 0 Å². The topological polar surface area (TPSA) is 121 Å². The average molecular weight is 373 g/mol. The third kappa shape index (κ3) is 4.81. The summed E-state index contributed by atoms with van der Waals surface area (Å²) in [7, 11) is 0. The highest BCUT2D eigenvalue weighted by Gasteiger charge is 2.31. The zero-order valence-electron chi connectivity index (χ0n) is 15.6. The van der Waals surface area contributed by atoms with Gasteiger partial charge in [0.05, 0.1) is 11.4 Å². The fraction of sp³-hybridized carbons (Fsp3) is 0.500. The molecule has 1 fully saturated rings. The summed E-state index contributed by atoms with van der Waals surface area (Å²) in [5.41, 5.74) is 6.07. The Morgan fingerprint density at radius 2 is 1.85 bits per heavy atom. The van der Waals surface area contributed by atoms with Gasteiger partial charge in [0.25, 0.3) is 0 Å². The van der Waals surface area contributed by atoms with Gasteiger partial charge in [-0.1, -0.05) is 0 Å². The molecule has 0 spiro atoms. The zero-order chi connectivity index (χ0) is 19.6. The first-order valence-electron chi connectivity index (χ1n) is 8.81. The molecular weight excluding hydrogens is 350 g/mol. The minimum Gasteiger partial charge on any atom is -0.444 e. The number of rotatable bonds is 2. The number of hydrogen-bond acceptors (Lipinski definition) is 8. The number of anilines is 1. The number of esters is 1. The van der Waals surface area contributed by atoms with Gasteiger partial charge in [-0.3, -0.25) is 4.79 Å². The molecule has 0 saturated carbocycles. The first-order chi connectivity index (χ1) is 12.7. The normalized spacial score (nSPS) is 15.6. The molecule has 27 heavy (non-hydrogen) atoms. The van der Waals surface area contributed by atoms with E-state index in [0.29, 0.717) is 42.7 Å². The monoisotopic (exact) mass is 373 g/mol. The summed E-state index contributed by atoms with van der Waals surface area (Å²) >= 11 is 0. The summed E-state index contributed by atoms with van der Waals surface area (Å²) in [6, 6.07) is 4.92. The molecule has 0 radical (unpaired) electrons. The smallest absolute Gasteiger partial charge is 0.410 e. The van der Waals surface area contributed by atoms with Crippen molar-refractivity contribution >= 4 is 29.0 Å². The summed E-state index contributed by atoms with van der Waals surface area (Å²) in [5, 5.41) is 7.59. The number of aromatic nitrogens is 3. The Kier molecular flexibility index (Phi) is 5.11. The van der Waals surface area contributed by atoms with Gasteiger partial charge in [-0.05, 0) is 45.7 Å². The predicted molar refractivity (Wildman–Crippen MR) is 97.9 cm³/mol. The maximum atomic E-state index is 12.4. The van der Waals surface area contributed by atoms with Gasteiger partial charge in [-0.25, -0.2) is 9.78 Å². The second-order valence-electron chi connectivity index (χ2n) is 7.48. The van der Waals surface area contributed by atoms with Gasteiger partial charge in [0.2, 0.25) is 5.95 Å². The fourth-order valence-electron chi connectivity index (χ4n) is 2.82. The van der Waals surface area contributed by atoms with Crippen LogP contribution in [0.4, 0.5) is 10.7 Å². The standard InChI is InChI=1S/C18H23N5O4/c1-18(2,3)27-17(25)23-8-6-11(7-9-23)15(24)26-12-4-5-13-14(10-12)20-16(19)22-21-13/h4-5,10-11H,6-9H2,1-3H3,(H2,19,20,22). The van der Waals surface area contributed by atoms with Gasteiger partial charge < -0.3 is 20.1 Å². The second kappa shape index (κ2) is 7.34. The summed E-state index contributed by atoms with van der Waals surface area (Å²) in [5.74, 6) is -0.163. The lowest BCUT2D eigenvalue weighted by Crippen LogP contribution is -2.43. The number of benzene rings is 1.